The number of ether oxygens (including phenoxy) is 1. The Morgan fingerprint density at radius 3 is 2.96 bits per heavy atom. The number of nitrogens with zero attached hydrogens (tertiary/aromatic N) is 2. The summed E-state index contributed by atoms with van der Waals surface area (Å²) in [4.78, 5) is 16.9. The molecule has 1 saturated heterocycles. The van der Waals surface area contributed by atoms with Crippen molar-refractivity contribution in [2.45, 2.75) is 38.5 Å². The van der Waals surface area contributed by atoms with Gasteiger partial charge in [-0.25, -0.2) is 0 Å². The first-order valence-corrected chi connectivity index (χ1v) is 8.52. The highest BCUT2D eigenvalue weighted by molar-refractivity contribution is 6.30. The summed E-state index contributed by atoms with van der Waals surface area (Å²) in [6.07, 6.45) is -0.0637. The molecule has 3 rings (SSSR count). The van der Waals surface area contributed by atoms with Gasteiger partial charge in [-0.15, -0.1) is 0 Å². The van der Waals surface area contributed by atoms with E-state index in [2.05, 4.69) is 20.8 Å². The van der Waals surface area contributed by atoms with Crippen molar-refractivity contribution < 1.29 is 14.1 Å². The summed E-state index contributed by atoms with van der Waals surface area (Å²) in [5, 5.41) is 10.8. The predicted octanol–water partition coefficient (Wildman–Crippen LogP) is 2.44. The Morgan fingerprint density at radius 1 is 1.44 bits per heavy atom. The molecule has 0 radical (unpaired) electrons. The molecule has 1 aliphatic rings. The van der Waals surface area contributed by atoms with Gasteiger partial charge in [0.2, 0.25) is 5.89 Å². The number of benzene rings is 1. The van der Waals surface area contributed by atoms with E-state index in [4.69, 9.17) is 20.9 Å². The summed E-state index contributed by atoms with van der Waals surface area (Å²) in [5.41, 5.74) is -0.333. The van der Waals surface area contributed by atoms with Crippen LogP contribution in [0.4, 0.5) is 0 Å². The number of rotatable bonds is 4. The van der Waals surface area contributed by atoms with Crippen LogP contribution in [0.3, 0.4) is 0 Å². The molecule has 134 valence electrons. The average molecular weight is 365 g/mol. The van der Waals surface area contributed by atoms with E-state index in [0.29, 0.717) is 28.9 Å². The molecule has 2 N–H and O–H groups in total. The fourth-order valence-electron chi connectivity index (χ4n) is 2.67. The van der Waals surface area contributed by atoms with Gasteiger partial charge in [0.05, 0.1) is 18.2 Å². The number of amides is 1. The third-order valence-corrected chi connectivity index (χ3v) is 4.33. The summed E-state index contributed by atoms with van der Waals surface area (Å²) >= 11 is 5.94. The maximum absolute atomic E-state index is 12.5. The summed E-state index contributed by atoms with van der Waals surface area (Å²) in [7, 11) is 0. The van der Waals surface area contributed by atoms with Crippen molar-refractivity contribution in [1.29, 1.82) is 0 Å². The average Bonchev–Trinajstić information content (AvgIpc) is 3.05. The normalized spacial score (nSPS) is 21.1. The van der Waals surface area contributed by atoms with Crippen LogP contribution in [0.15, 0.2) is 28.8 Å². The molecule has 0 saturated carbocycles. The van der Waals surface area contributed by atoms with Crippen LogP contribution in [0.5, 0.6) is 0 Å². The van der Waals surface area contributed by atoms with Gasteiger partial charge in [0, 0.05) is 17.1 Å². The Bertz CT molecular complexity index is 762. The first-order valence-electron chi connectivity index (χ1n) is 8.14. The summed E-state index contributed by atoms with van der Waals surface area (Å²) in [6, 6.07) is 6.60. The zero-order valence-electron chi connectivity index (χ0n) is 14.4. The molecule has 2 heterocycles. The standard InChI is InChI=1S/C17H21ClN4O3/c1-10-13(19-7-8-24-10)15-20-16(22-25-15)17(2,3)21-14(23)11-5-4-6-12(18)9-11/h4-6,9-10,13,19H,7-8H2,1-3H3,(H,21,23)/t10-,13+/m1/s1. The number of morpholine rings is 1. The smallest absolute Gasteiger partial charge is 0.252 e. The van der Waals surface area contributed by atoms with Gasteiger partial charge in [0.1, 0.15) is 6.04 Å². The Balaban J connectivity index is 1.75. The van der Waals surface area contributed by atoms with E-state index in [1.54, 1.807) is 24.3 Å². The fraction of sp³-hybridized carbons (Fsp3) is 0.471. The Hall–Kier alpha value is -1.96. The quantitative estimate of drug-likeness (QED) is 0.866. The van der Waals surface area contributed by atoms with Crippen molar-refractivity contribution >= 4 is 17.5 Å². The maximum atomic E-state index is 12.5. The third-order valence-electron chi connectivity index (χ3n) is 4.10. The van der Waals surface area contributed by atoms with Crippen LogP contribution in [-0.4, -0.2) is 35.3 Å². The van der Waals surface area contributed by atoms with E-state index in [1.807, 2.05) is 20.8 Å². The highest BCUT2D eigenvalue weighted by Crippen LogP contribution is 2.24. The number of carbonyl (C=O) groups excluding carboxylic acids is 1. The molecule has 2 atom stereocenters. The van der Waals surface area contributed by atoms with Gasteiger partial charge in [-0.1, -0.05) is 22.8 Å². The highest BCUT2D eigenvalue weighted by Gasteiger charge is 2.33. The number of hydrogen-bond acceptors (Lipinski definition) is 6. The van der Waals surface area contributed by atoms with E-state index in [0.717, 1.165) is 6.54 Å². The number of nitrogens with one attached hydrogen (secondary N) is 2. The largest absolute Gasteiger partial charge is 0.375 e. The van der Waals surface area contributed by atoms with Crippen LogP contribution < -0.4 is 10.6 Å². The van der Waals surface area contributed by atoms with E-state index < -0.39 is 5.54 Å². The molecule has 25 heavy (non-hydrogen) atoms. The monoisotopic (exact) mass is 364 g/mol. The molecule has 0 aliphatic carbocycles. The molecule has 1 fully saturated rings. The van der Waals surface area contributed by atoms with Crippen LogP contribution in [0.1, 0.15) is 48.9 Å². The molecule has 0 unspecified atom stereocenters. The molecule has 1 aromatic heterocycles. The SMILES string of the molecule is C[C@H]1OCCN[C@@H]1c1nc(C(C)(C)NC(=O)c2cccc(Cl)c2)no1. The van der Waals surface area contributed by atoms with E-state index in [1.165, 1.54) is 0 Å². The van der Waals surface area contributed by atoms with E-state index in [9.17, 15) is 4.79 Å². The van der Waals surface area contributed by atoms with Crippen molar-refractivity contribution in [3.05, 3.63) is 46.6 Å². The Morgan fingerprint density at radius 2 is 2.24 bits per heavy atom. The van der Waals surface area contributed by atoms with Crippen molar-refractivity contribution in [3.63, 3.8) is 0 Å². The van der Waals surface area contributed by atoms with Crippen LogP contribution in [0, 0.1) is 0 Å². The topological polar surface area (TPSA) is 89.3 Å². The van der Waals surface area contributed by atoms with E-state index >= 15 is 0 Å². The minimum atomic E-state index is -0.806. The second kappa shape index (κ2) is 7.11. The molecule has 0 bridgehead atoms. The second-order valence-electron chi connectivity index (χ2n) is 6.55. The summed E-state index contributed by atoms with van der Waals surface area (Å²) < 4.78 is 11.0. The lowest BCUT2D eigenvalue weighted by molar-refractivity contribution is -0.00136. The van der Waals surface area contributed by atoms with Gasteiger partial charge in [0.15, 0.2) is 5.82 Å². The molecule has 2 aromatic rings. The lowest BCUT2D eigenvalue weighted by atomic mass is 10.0. The second-order valence-corrected chi connectivity index (χ2v) is 6.99. The van der Waals surface area contributed by atoms with Gasteiger partial charge in [-0.05, 0) is 39.0 Å². The fourth-order valence-corrected chi connectivity index (χ4v) is 2.86. The lowest BCUT2D eigenvalue weighted by Crippen LogP contribution is -2.42. The van der Waals surface area contributed by atoms with Gasteiger partial charge < -0.3 is 19.9 Å². The molecular formula is C17H21ClN4O3. The van der Waals surface area contributed by atoms with Crippen LogP contribution in [0.2, 0.25) is 5.02 Å². The molecule has 8 heteroatoms. The minimum Gasteiger partial charge on any atom is -0.375 e. The van der Waals surface area contributed by atoms with Crippen molar-refractivity contribution in [2.24, 2.45) is 0 Å². The number of halogens is 1. The molecule has 1 aliphatic heterocycles. The number of aromatic nitrogens is 2. The summed E-state index contributed by atoms with van der Waals surface area (Å²) in [5.74, 6) is 0.594. The molecule has 7 nitrogen and oxygen atoms in total. The Labute approximate surface area is 151 Å². The maximum Gasteiger partial charge on any atom is 0.252 e. The van der Waals surface area contributed by atoms with Crippen molar-refractivity contribution in [3.8, 4) is 0 Å². The Kier molecular flexibility index (Phi) is 5.08. The predicted molar refractivity (Wildman–Crippen MR) is 92.4 cm³/mol. The first-order chi connectivity index (χ1) is 11.9. The third kappa shape index (κ3) is 4.00. The molecule has 1 amide bonds. The summed E-state index contributed by atoms with van der Waals surface area (Å²) in [6.45, 7) is 6.96. The van der Waals surface area contributed by atoms with Gasteiger partial charge in [-0.2, -0.15) is 4.98 Å². The zero-order valence-corrected chi connectivity index (χ0v) is 15.1. The van der Waals surface area contributed by atoms with Crippen LogP contribution >= 0.6 is 11.6 Å². The first kappa shape index (κ1) is 17.8. The number of hydrogen-bond donors (Lipinski definition) is 2. The van der Waals surface area contributed by atoms with Crippen LogP contribution in [0.25, 0.3) is 0 Å². The van der Waals surface area contributed by atoms with E-state index in [-0.39, 0.29) is 18.1 Å². The lowest BCUT2D eigenvalue weighted by Gasteiger charge is -2.27. The highest BCUT2D eigenvalue weighted by atomic mass is 35.5. The van der Waals surface area contributed by atoms with Crippen molar-refractivity contribution in [1.82, 2.24) is 20.8 Å². The van der Waals surface area contributed by atoms with Gasteiger partial charge in [-0.3, -0.25) is 4.79 Å². The van der Waals surface area contributed by atoms with Crippen LogP contribution in [-0.2, 0) is 10.3 Å². The van der Waals surface area contributed by atoms with Gasteiger partial charge >= 0.3 is 0 Å². The van der Waals surface area contributed by atoms with Crippen molar-refractivity contribution in [2.75, 3.05) is 13.2 Å². The number of carbonyl (C=O) groups is 1. The minimum absolute atomic E-state index is 0.0637. The molecule has 1 aromatic carbocycles. The van der Waals surface area contributed by atoms with Gasteiger partial charge in [0.25, 0.3) is 5.91 Å². The molecule has 0 spiro atoms. The molecular weight excluding hydrogens is 344 g/mol. The zero-order chi connectivity index (χ0) is 18.0.